The second-order valence-corrected chi connectivity index (χ2v) is 4.45. The normalized spacial score (nSPS) is 22.8. The highest BCUT2D eigenvalue weighted by Crippen LogP contribution is 2.25. The molecule has 90 valence electrons. The molecule has 2 rings (SSSR count). The standard InChI is InChI=1S/C14H16FNO/c1-10-5-4-6-11(14(10)17)9-16-13-8-3-2-7-12(13)15/h2-3,7-10,16H,4-6H2,1H3/b11-9-/t10-/m0/s1. The molecule has 2 nitrogen and oxygen atoms in total. The van der Waals surface area contributed by atoms with Crippen molar-refractivity contribution in [3.05, 3.63) is 41.9 Å². The molecule has 0 heterocycles. The van der Waals surface area contributed by atoms with E-state index in [1.807, 2.05) is 6.92 Å². The number of anilines is 1. The van der Waals surface area contributed by atoms with Crippen LogP contribution < -0.4 is 5.32 Å². The average molecular weight is 233 g/mol. The first-order valence-corrected chi connectivity index (χ1v) is 5.93. The molecular formula is C14H16FNO. The Morgan fingerprint density at radius 1 is 1.41 bits per heavy atom. The quantitative estimate of drug-likeness (QED) is 0.792. The molecule has 1 saturated carbocycles. The highest BCUT2D eigenvalue weighted by atomic mass is 19.1. The summed E-state index contributed by atoms with van der Waals surface area (Å²) in [7, 11) is 0. The molecule has 0 unspecified atom stereocenters. The van der Waals surface area contributed by atoms with Crippen LogP contribution in [0, 0.1) is 11.7 Å². The Kier molecular flexibility index (Phi) is 3.57. The second-order valence-electron chi connectivity index (χ2n) is 4.45. The van der Waals surface area contributed by atoms with Gasteiger partial charge in [-0.1, -0.05) is 19.1 Å². The fourth-order valence-corrected chi connectivity index (χ4v) is 2.06. The van der Waals surface area contributed by atoms with Gasteiger partial charge in [0.05, 0.1) is 5.69 Å². The lowest BCUT2D eigenvalue weighted by Crippen LogP contribution is -2.19. The van der Waals surface area contributed by atoms with Gasteiger partial charge in [0.25, 0.3) is 0 Å². The lowest BCUT2D eigenvalue weighted by atomic mass is 9.86. The van der Waals surface area contributed by atoms with E-state index in [-0.39, 0.29) is 17.5 Å². The minimum Gasteiger partial charge on any atom is -0.359 e. The van der Waals surface area contributed by atoms with Crippen molar-refractivity contribution in [2.24, 2.45) is 5.92 Å². The number of halogens is 1. The van der Waals surface area contributed by atoms with Crippen LogP contribution in [-0.4, -0.2) is 5.78 Å². The van der Waals surface area contributed by atoms with Gasteiger partial charge in [-0.25, -0.2) is 4.39 Å². The van der Waals surface area contributed by atoms with Crippen molar-refractivity contribution in [3.8, 4) is 0 Å². The monoisotopic (exact) mass is 233 g/mol. The Morgan fingerprint density at radius 3 is 2.94 bits per heavy atom. The van der Waals surface area contributed by atoms with Crippen molar-refractivity contribution in [1.82, 2.24) is 0 Å². The first-order valence-electron chi connectivity index (χ1n) is 5.93. The summed E-state index contributed by atoms with van der Waals surface area (Å²) in [6, 6.07) is 6.45. The summed E-state index contributed by atoms with van der Waals surface area (Å²) in [6.45, 7) is 1.94. The summed E-state index contributed by atoms with van der Waals surface area (Å²) in [5.74, 6) is -0.0295. The zero-order valence-electron chi connectivity index (χ0n) is 9.87. The van der Waals surface area contributed by atoms with Crippen LogP contribution in [0.1, 0.15) is 26.2 Å². The number of carbonyl (C=O) groups excluding carboxylic acids is 1. The van der Waals surface area contributed by atoms with E-state index in [4.69, 9.17) is 0 Å². The van der Waals surface area contributed by atoms with E-state index in [1.54, 1.807) is 24.4 Å². The minimum atomic E-state index is -0.305. The molecule has 0 spiro atoms. The molecule has 1 atom stereocenters. The van der Waals surface area contributed by atoms with Crippen LogP contribution in [0.2, 0.25) is 0 Å². The average Bonchev–Trinajstić information content (AvgIpc) is 2.33. The van der Waals surface area contributed by atoms with E-state index in [2.05, 4.69) is 5.32 Å². The molecule has 0 saturated heterocycles. The van der Waals surface area contributed by atoms with Gasteiger partial charge in [-0.05, 0) is 31.4 Å². The zero-order chi connectivity index (χ0) is 12.3. The molecule has 0 aromatic heterocycles. The molecule has 0 radical (unpaired) electrons. The van der Waals surface area contributed by atoms with Gasteiger partial charge in [0.1, 0.15) is 5.82 Å². The lowest BCUT2D eigenvalue weighted by Gasteiger charge is -2.19. The molecular weight excluding hydrogens is 217 g/mol. The first kappa shape index (κ1) is 11.8. The molecule has 17 heavy (non-hydrogen) atoms. The van der Waals surface area contributed by atoms with Crippen molar-refractivity contribution in [2.75, 3.05) is 5.32 Å². The molecule has 1 aromatic rings. The summed E-state index contributed by atoms with van der Waals surface area (Å²) in [4.78, 5) is 11.8. The highest BCUT2D eigenvalue weighted by molar-refractivity contribution is 5.97. The Bertz CT molecular complexity index is 453. The predicted octanol–water partition coefficient (Wildman–Crippen LogP) is 3.51. The Hall–Kier alpha value is -1.64. The highest BCUT2D eigenvalue weighted by Gasteiger charge is 2.22. The molecule has 1 aliphatic carbocycles. The number of hydrogen-bond acceptors (Lipinski definition) is 2. The van der Waals surface area contributed by atoms with Crippen LogP contribution in [0.5, 0.6) is 0 Å². The van der Waals surface area contributed by atoms with Crippen LogP contribution in [0.3, 0.4) is 0 Å². The molecule has 1 aromatic carbocycles. The van der Waals surface area contributed by atoms with E-state index in [1.165, 1.54) is 6.07 Å². The third-order valence-corrected chi connectivity index (χ3v) is 3.12. The van der Waals surface area contributed by atoms with Crippen molar-refractivity contribution in [3.63, 3.8) is 0 Å². The van der Waals surface area contributed by atoms with Crippen molar-refractivity contribution in [1.29, 1.82) is 0 Å². The van der Waals surface area contributed by atoms with Gasteiger partial charge in [0.15, 0.2) is 5.78 Å². The third-order valence-electron chi connectivity index (χ3n) is 3.12. The number of carbonyl (C=O) groups is 1. The van der Waals surface area contributed by atoms with Gasteiger partial charge >= 0.3 is 0 Å². The number of hydrogen-bond donors (Lipinski definition) is 1. The second kappa shape index (κ2) is 5.13. The molecule has 1 aliphatic rings. The molecule has 0 aliphatic heterocycles. The first-order chi connectivity index (χ1) is 8.18. The number of Topliss-reactive ketones (excluding diaryl/α,β-unsaturated/α-hetero) is 1. The van der Waals surface area contributed by atoms with E-state index in [0.29, 0.717) is 5.69 Å². The molecule has 1 fully saturated rings. The van der Waals surface area contributed by atoms with Crippen LogP contribution in [-0.2, 0) is 4.79 Å². The molecule has 0 amide bonds. The number of allylic oxidation sites excluding steroid dienone is 1. The maximum atomic E-state index is 13.3. The fraction of sp³-hybridized carbons (Fsp3) is 0.357. The minimum absolute atomic E-state index is 0.0948. The maximum Gasteiger partial charge on any atom is 0.163 e. The van der Waals surface area contributed by atoms with E-state index < -0.39 is 0 Å². The molecule has 0 bridgehead atoms. The Balaban J connectivity index is 2.10. The maximum absolute atomic E-state index is 13.3. The third kappa shape index (κ3) is 2.73. The van der Waals surface area contributed by atoms with Crippen LogP contribution in [0.4, 0.5) is 10.1 Å². The lowest BCUT2D eigenvalue weighted by molar-refractivity contribution is -0.119. The fourth-order valence-electron chi connectivity index (χ4n) is 2.06. The van der Waals surface area contributed by atoms with Crippen LogP contribution in [0.15, 0.2) is 36.0 Å². The van der Waals surface area contributed by atoms with Gasteiger partial charge in [-0.15, -0.1) is 0 Å². The summed E-state index contributed by atoms with van der Waals surface area (Å²) in [6.07, 6.45) is 4.41. The van der Waals surface area contributed by atoms with Gasteiger partial charge in [-0.2, -0.15) is 0 Å². The van der Waals surface area contributed by atoms with Gasteiger partial charge in [-0.3, -0.25) is 4.79 Å². The van der Waals surface area contributed by atoms with Crippen molar-refractivity contribution in [2.45, 2.75) is 26.2 Å². The smallest absolute Gasteiger partial charge is 0.163 e. The number of rotatable bonds is 2. The summed E-state index contributed by atoms with van der Waals surface area (Å²) >= 11 is 0. The van der Waals surface area contributed by atoms with Gasteiger partial charge < -0.3 is 5.32 Å². The number of nitrogens with one attached hydrogen (secondary N) is 1. The van der Waals surface area contributed by atoms with Gasteiger partial charge in [0.2, 0.25) is 0 Å². The largest absolute Gasteiger partial charge is 0.359 e. The summed E-state index contributed by atoms with van der Waals surface area (Å²) in [5, 5.41) is 2.88. The SMILES string of the molecule is C[C@H]1CCC/C(=C/Nc2ccccc2F)C1=O. The van der Waals surface area contributed by atoms with Crippen molar-refractivity contribution >= 4 is 11.5 Å². The molecule has 3 heteroatoms. The molecule has 1 N–H and O–H groups in total. The van der Waals surface area contributed by atoms with E-state index in [0.717, 1.165) is 24.8 Å². The van der Waals surface area contributed by atoms with E-state index >= 15 is 0 Å². The number of ketones is 1. The van der Waals surface area contributed by atoms with Crippen LogP contribution >= 0.6 is 0 Å². The topological polar surface area (TPSA) is 29.1 Å². The summed E-state index contributed by atoms with van der Waals surface area (Å²) < 4.78 is 13.3. The van der Waals surface area contributed by atoms with Gasteiger partial charge in [0, 0.05) is 17.7 Å². The number of para-hydroxylation sites is 1. The predicted molar refractivity (Wildman–Crippen MR) is 66.1 cm³/mol. The van der Waals surface area contributed by atoms with Crippen LogP contribution in [0.25, 0.3) is 0 Å². The van der Waals surface area contributed by atoms with Crippen molar-refractivity contribution < 1.29 is 9.18 Å². The number of benzene rings is 1. The Morgan fingerprint density at radius 2 is 2.18 bits per heavy atom. The zero-order valence-corrected chi connectivity index (χ0v) is 9.87. The van der Waals surface area contributed by atoms with E-state index in [9.17, 15) is 9.18 Å². The summed E-state index contributed by atoms with van der Waals surface area (Å²) in [5.41, 5.74) is 1.18. The Labute approximate surface area is 101 Å².